The number of aliphatic hydroxyl groups is 1. The van der Waals surface area contributed by atoms with Gasteiger partial charge in [0.2, 0.25) is 0 Å². The lowest BCUT2D eigenvalue weighted by molar-refractivity contribution is 0.263. The molecule has 1 aliphatic heterocycles. The van der Waals surface area contributed by atoms with E-state index < -0.39 is 10.0 Å². The number of pyridine rings is 1. The highest BCUT2D eigenvalue weighted by atomic mass is 32.2. The first kappa shape index (κ1) is 15.4. The summed E-state index contributed by atoms with van der Waals surface area (Å²) in [5.74, 6) is 0.288. The Hall–Kier alpha value is -1.02. The van der Waals surface area contributed by atoms with Crippen LogP contribution in [0.5, 0.6) is 0 Å². The molecule has 20 heavy (non-hydrogen) atoms. The lowest BCUT2D eigenvalue weighted by Crippen LogP contribution is -2.36. The topological polar surface area (TPSA) is 73.7 Å². The molecule has 2 heterocycles. The van der Waals surface area contributed by atoms with Crippen LogP contribution >= 0.6 is 0 Å². The Morgan fingerprint density at radius 3 is 2.55 bits per heavy atom. The molecular formula is C13H21N3O3S. The van der Waals surface area contributed by atoms with Crippen molar-refractivity contribution in [1.82, 2.24) is 14.2 Å². The van der Waals surface area contributed by atoms with Crippen molar-refractivity contribution in [1.29, 1.82) is 0 Å². The summed E-state index contributed by atoms with van der Waals surface area (Å²) in [5, 5.41) is 9.01. The van der Waals surface area contributed by atoms with E-state index in [1.807, 2.05) is 14.1 Å². The Kier molecular flexibility index (Phi) is 4.43. The van der Waals surface area contributed by atoms with Crippen LogP contribution in [0.2, 0.25) is 0 Å². The van der Waals surface area contributed by atoms with Crippen molar-refractivity contribution in [2.45, 2.75) is 24.6 Å². The van der Waals surface area contributed by atoms with Crippen LogP contribution in [0.3, 0.4) is 0 Å². The second-order valence-electron chi connectivity index (χ2n) is 5.49. The Balaban J connectivity index is 2.22. The van der Waals surface area contributed by atoms with Crippen molar-refractivity contribution in [3.05, 3.63) is 23.9 Å². The predicted molar refractivity (Wildman–Crippen MR) is 75.6 cm³/mol. The van der Waals surface area contributed by atoms with E-state index in [9.17, 15) is 8.42 Å². The summed E-state index contributed by atoms with van der Waals surface area (Å²) in [6, 6.07) is 3.26. The lowest BCUT2D eigenvalue weighted by Gasteiger charge is -2.22. The summed E-state index contributed by atoms with van der Waals surface area (Å²) in [6.07, 6.45) is 1.40. The Labute approximate surface area is 120 Å². The van der Waals surface area contributed by atoms with Gasteiger partial charge >= 0.3 is 0 Å². The van der Waals surface area contributed by atoms with Crippen LogP contribution in [0, 0.1) is 5.92 Å². The smallest absolute Gasteiger partial charge is 0.260 e. The van der Waals surface area contributed by atoms with Crippen LogP contribution in [0.15, 0.2) is 23.4 Å². The molecule has 1 aliphatic rings. The molecule has 6 nitrogen and oxygen atoms in total. The molecule has 2 unspecified atom stereocenters. The maximum atomic E-state index is 12.5. The minimum Gasteiger partial charge on any atom is -0.392 e. The summed E-state index contributed by atoms with van der Waals surface area (Å²) < 4.78 is 26.5. The molecule has 2 atom stereocenters. The van der Waals surface area contributed by atoms with Gasteiger partial charge in [0.1, 0.15) is 0 Å². The minimum atomic E-state index is -3.55. The van der Waals surface area contributed by atoms with Gasteiger partial charge in [-0.1, -0.05) is 13.0 Å². The standard InChI is InChI=1S/C13H21N3O3S/c1-10-7-16(8-12(10)15(2)3)20(18,19)13-5-4-11(9-17)6-14-13/h4-6,10,12,17H,7-9H2,1-3H3. The fraction of sp³-hybridized carbons (Fsp3) is 0.615. The third-order valence-electron chi connectivity index (χ3n) is 3.79. The summed E-state index contributed by atoms with van der Waals surface area (Å²) in [7, 11) is 0.379. The van der Waals surface area contributed by atoms with E-state index >= 15 is 0 Å². The maximum Gasteiger partial charge on any atom is 0.260 e. The monoisotopic (exact) mass is 299 g/mol. The van der Waals surface area contributed by atoms with Crippen molar-refractivity contribution >= 4 is 10.0 Å². The van der Waals surface area contributed by atoms with E-state index in [0.717, 1.165) is 0 Å². The highest BCUT2D eigenvalue weighted by molar-refractivity contribution is 7.89. The number of aromatic nitrogens is 1. The number of rotatable bonds is 4. The maximum absolute atomic E-state index is 12.5. The van der Waals surface area contributed by atoms with E-state index in [4.69, 9.17) is 5.11 Å². The molecule has 112 valence electrons. The number of hydrogen-bond acceptors (Lipinski definition) is 5. The third kappa shape index (κ3) is 2.85. The molecule has 1 N–H and O–H groups in total. The molecule has 1 fully saturated rings. The first-order valence-corrected chi connectivity index (χ1v) is 8.02. The van der Waals surface area contributed by atoms with Crippen LogP contribution in [0.25, 0.3) is 0 Å². The average Bonchev–Trinajstić information content (AvgIpc) is 2.82. The Morgan fingerprint density at radius 1 is 1.40 bits per heavy atom. The van der Waals surface area contributed by atoms with Gasteiger partial charge in [0.25, 0.3) is 10.0 Å². The molecule has 1 aromatic heterocycles. The second-order valence-corrected chi connectivity index (χ2v) is 7.38. The second kappa shape index (κ2) is 5.77. The molecule has 0 aliphatic carbocycles. The van der Waals surface area contributed by atoms with Crippen molar-refractivity contribution in [2.24, 2.45) is 5.92 Å². The number of aliphatic hydroxyl groups excluding tert-OH is 1. The first-order valence-electron chi connectivity index (χ1n) is 6.58. The zero-order valence-corrected chi connectivity index (χ0v) is 12.8. The summed E-state index contributed by atoms with van der Waals surface area (Å²) >= 11 is 0. The SMILES string of the molecule is CC1CN(S(=O)(=O)c2ccc(CO)cn2)CC1N(C)C. The van der Waals surface area contributed by atoms with Gasteiger partial charge in [0, 0.05) is 25.3 Å². The van der Waals surface area contributed by atoms with Crippen LogP contribution in [0.4, 0.5) is 0 Å². The molecule has 0 amide bonds. The van der Waals surface area contributed by atoms with Gasteiger partial charge in [0.15, 0.2) is 5.03 Å². The minimum absolute atomic E-state index is 0.0429. The molecule has 0 saturated carbocycles. The largest absolute Gasteiger partial charge is 0.392 e. The predicted octanol–water partition coefficient (Wildman–Crippen LogP) is 0.145. The highest BCUT2D eigenvalue weighted by Crippen LogP contribution is 2.25. The number of likely N-dealkylation sites (N-methyl/N-ethyl adjacent to an activating group) is 1. The molecule has 0 radical (unpaired) electrons. The van der Waals surface area contributed by atoms with Crippen LogP contribution < -0.4 is 0 Å². The van der Waals surface area contributed by atoms with Crippen LogP contribution in [-0.2, 0) is 16.6 Å². The number of sulfonamides is 1. The van der Waals surface area contributed by atoms with Gasteiger partial charge < -0.3 is 10.0 Å². The zero-order valence-electron chi connectivity index (χ0n) is 12.0. The molecule has 2 rings (SSSR count). The first-order chi connectivity index (χ1) is 9.36. The Morgan fingerprint density at radius 2 is 2.10 bits per heavy atom. The Bertz CT molecular complexity index is 557. The van der Waals surface area contributed by atoms with Gasteiger partial charge in [-0.25, -0.2) is 13.4 Å². The summed E-state index contributed by atoms with van der Waals surface area (Å²) in [5.41, 5.74) is 0.602. The fourth-order valence-corrected chi connectivity index (χ4v) is 4.03. The lowest BCUT2D eigenvalue weighted by atomic mass is 10.1. The van der Waals surface area contributed by atoms with E-state index in [-0.39, 0.29) is 23.6 Å². The molecule has 0 spiro atoms. The fourth-order valence-electron chi connectivity index (χ4n) is 2.56. The number of nitrogens with zero attached hydrogens (tertiary/aromatic N) is 3. The normalized spacial score (nSPS) is 24.4. The summed E-state index contributed by atoms with van der Waals surface area (Å²) in [4.78, 5) is 6.02. The van der Waals surface area contributed by atoms with Gasteiger partial charge in [-0.3, -0.25) is 0 Å². The van der Waals surface area contributed by atoms with Crippen molar-refractivity contribution in [3.63, 3.8) is 0 Å². The summed E-state index contributed by atoms with van der Waals surface area (Å²) in [6.45, 7) is 2.91. The molecule has 1 saturated heterocycles. The molecule has 0 aromatic carbocycles. The molecule has 1 aromatic rings. The quantitative estimate of drug-likeness (QED) is 0.856. The molecule has 7 heteroatoms. The molecule has 0 bridgehead atoms. The molecular weight excluding hydrogens is 278 g/mol. The zero-order chi connectivity index (χ0) is 14.9. The van der Waals surface area contributed by atoms with E-state index in [0.29, 0.717) is 18.7 Å². The van der Waals surface area contributed by atoms with Gasteiger partial charge in [-0.05, 0) is 31.6 Å². The highest BCUT2D eigenvalue weighted by Gasteiger charge is 2.38. The van der Waals surface area contributed by atoms with Crippen LogP contribution in [0.1, 0.15) is 12.5 Å². The van der Waals surface area contributed by atoms with Gasteiger partial charge in [-0.15, -0.1) is 0 Å². The van der Waals surface area contributed by atoms with E-state index in [1.54, 1.807) is 6.07 Å². The van der Waals surface area contributed by atoms with E-state index in [2.05, 4.69) is 16.8 Å². The van der Waals surface area contributed by atoms with Crippen molar-refractivity contribution in [2.75, 3.05) is 27.2 Å². The number of hydrogen-bond donors (Lipinski definition) is 1. The third-order valence-corrected chi connectivity index (χ3v) is 5.53. The van der Waals surface area contributed by atoms with Gasteiger partial charge in [-0.2, -0.15) is 4.31 Å². The van der Waals surface area contributed by atoms with Crippen molar-refractivity contribution < 1.29 is 13.5 Å². The van der Waals surface area contributed by atoms with Gasteiger partial charge in [0.05, 0.1) is 6.61 Å². The van der Waals surface area contributed by atoms with Crippen molar-refractivity contribution in [3.8, 4) is 0 Å². The van der Waals surface area contributed by atoms with Crippen LogP contribution in [-0.4, -0.2) is 60.9 Å². The average molecular weight is 299 g/mol. The van der Waals surface area contributed by atoms with E-state index in [1.165, 1.54) is 16.6 Å².